The lowest BCUT2D eigenvalue weighted by atomic mass is 9.92. The number of nitrogens with one attached hydrogen (secondary N) is 2. The first-order valence-electron chi connectivity index (χ1n) is 14.0. The summed E-state index contributed by atoms with van der Waals surface area (Å²) in [5, 5.41) is 5.95. The molecule has 2 aromatic carbocycles. The summed E-state index contributed by atoms with van der Waals surface area (Å²) in [5.74, 6) is -0.465. The largest absolute Gasteiger partial charge is 0.444 e. The molecule has 0 heterocycles. The zero-order chi connectivity index (χ0) is 29.1. The van der Waals surface area contributed by atoms with Crippen LogP contribution >= 0.6 is 0 Å². The lowest BCUT2D eigenvalue weighted by Crippen LogP contribution is -2.55. The first-order chi connectivity index (χ1) is 18.2. The maximum atomic E-state index is 14.5. The molecule has 3 amide bonds. The second-order valence-electron chi connectivity index (χ2n) is 12.0. The number of aryl methyl sites for hydroxylation is 2. The van der Waals surface area contributed by atoms with Crippen LogP contribution in [-0.2, 0) is 14.3 Å². The van der Waals surface area contributed by atoms with Crippen molar-refractivity contribution in [1.29, 1.82) is 0 Å². The van der Waals surface area contributed by atoms with Crippen molar-refractivity contribution < 1.29 is 19.1 Å². The number of amides is 3. The number of carbonyl (C=O) groups is 3. The second kappa shape index (κ2) is 12.2. The molecule has 3 rings (SSSR count). The van der Waals surface area contributed by atoms with Gasteiger partial charge in [-0.15, -0.1) is 0 Å². The molecule has 2 aromatic rings. The van der Waals surface area contributed by atoms with Gasteiger partial charge in [-0.1, -0.05) is 63.6 Å². The highest BCUT2D eigenvalue weighted by Gasteiger charge is 2.49. The van der Waals surface area contributed by atoms with Crippen LogP contribution in [0.2, 0.25) is 0 Å². The SMILES string of the molecule is CCC(C)C(NC(=O)OC(C)(C)C)C(=O)N(C(C(=O)Nc1ccccc1C)c1cccc(C)c1C)C1CC1C. The molecular weight excluding hydrogens is 490 g/mol. The number of ether oxygens (including phenoxy) is 1. The van der Waals surface area contributed by atoms with E-state index in [0.717, 1.165) is 28.7 Å². The minimum absolute atomic E-state index is 0.114. The van der Waals surface area contributed by atoms with Gasteiger partial charge in [0.15, 0.2) is 0 Å². The third-order valence-corrected chi connectivity index (χ3v) is 7.70. The summed E-state index contributed by atoms with van der Waals surface area (Å²) in [6, 6.07) is 11.7. The number of rotatable bonds is 9. The van der Waals surface area contributed by atoms with Crippen molar-refractivity contribution >= 4 is 23.6 Å². The van der Waals surface area contributed by atoms with Gasteiger partial charge in [-0.3, -0.25) is 9.59 Å². The lowest BCUT2D eigenvalue weighted by Gasteiger charge is -2.37. The van der Waals surface area contributed by atoms with Crippen LogP contribution in [0.3, 0.4) is 0 Å². The Balaban J connectivity index is 2.09. The Morgan fingerprint density at radius 2 is 1.64 bits per heavy atom. The van der Waals surface area contributed by atoms with E-state index in [1.54, 1.807) is 25.7 Å². The van der Waals surface area contributed by atoms with E-state index in [2.05, 4.69) is 17.6 Å². The van der Waals surface area contributed by atoms with Gasteiger partial charge in [-0.05, 0) is 88.1 Å². The summed E-state index contributed by atoms with van der Waals surface area (Å²) in [4.78, 5) is 43.2. The van der Waals surface area contributed by atoms with Gasteiger partial charge in [0.25, 0.3) is 5.91 Å². The molecule has 39 heavy (non-hydrogen) atoms. The number of anilines is 1. The molecule has 1 aliphatic rings. The molecule has 0 aromatic heterocycles. The third kappa shape index (κ3) is 7.40. The Hall–Kier alpha value is -3.35. The highest BCUT2D eigenvalue weighted by Crippen LogP contribution is 2.42. The van der Waals surface area contributed by atoms with E-state index in [4.69, 9.17) is 4.74 Å². The Morgan fingerprint density at radius 1 is 1.03 bits per heavy atom. The first kappa shape index (κ1) is 30.2. The summed E-state index contributed by atoms with van der Waals surface area (Å²) in [6.07, 6.45) is 0.825. The number of para-hydroxylation sites is 1. The molecule has 7 heteroatoms. The molecule has 0 spiro atoms. The third-order valence-electron chi connectivity index (χ3n) is 7.70. The molecule has 1 saturated carbocycles. The van der Waals surface area contributed by atoms with Gasteiger partial charge in [0, 0.05) is 11.7 Å². The summed E-state index contributed by atoms with van der Waals surface area (Å²) in [7, 11) is 0. The Labute approximate surface area is 233 Å². The van der Waals surface area contributed by atoms with Crippen LogP contribution in [0.4, 0.5) is 10.5 Å². The number of carbonyl (C=O) groups excluding carboxylic acids is 3. The van der Waals surface area contributed by atoms with Crippen molar-refractivity contribution in [3.63, 3.8) is 0 Å². The average molecular weight is 536 g/mol. The minimum atomic E-state index is -0.862. The molecule has 2 N–H and O–H groups in total. The van der Waals surface area contributed by atoms with Crippen LogP contribution in [0.5, 0.6) is 0 Å². The van der Waals surface area contributed by atoms with E-state index in [1.165, 1.54) is 0 Å². The molecule has 0 bridgehead atoms. The number of hydrogen-bond donors (Lipinski definition) is 2. The number of hydrogen-bond acceptors (Lipinski definition) is 4. The summed E-state index contributed by atoms with van der Waals surface area (Å²) < 4.78 is 5.51. The molecule has 0 saturated heterocycles. The quantitative estimate of drug-likeness (QED) is 0.385. The molecule has 1 aliphatic carbocycles. The molecule has 0 radical (unpaired) electrons. The standard InChI is InChI=1S/C32H45N3O4/c1-10-19(2)27(34-31(38)39-32(7,8)9)30(37)35(26-18-22(26)5)28(24-16-13-15-20(3)23(24)6)29(36)33-25-17-12-11-14-21(25)4/h11-17,19,22,26-28H,10,18H2,1-9H3,(H,33,36)(H,34,38). The summed E-state index contributed by atoms with van der Waals surface area (Å²) in [6.45, 7) is 17.3. The van der Waals surface area contributed by atoms with Gasteiger partial charge in [0.1, 0.15) is 17.7 Å². The molecule has 0 aliphatic heterocycles. The summed E-state index contributed by atoms with van der Waals surface area (Å²) >= 11 is 0. The van der Waals surface area contributed by atoms with Crippen LogP contribution in [0.1, 0.15) is 82.7 Å². The van der Waals surface area contributed by atoms with E-state index in [1.807, 2.05) is 77.1 Å². The maximum absolute atomic E-state index is 14.5. The van der Waals surface area contributed by atoms with Crippen molar-refractivity contribution in [2.75, 3.05) is 5.32 Å². The fourth-order valence-electron chi connectivity index (χ4n) is 4.85. The number of nitrogens with zero attached hydrogens (tertiary/aromatic N) is 1. The van der Waals surface area contributed by atoms with Crippen molar-refractivity contribution in [3.8, 4) is 0 Å². The predicted molar refractivity (Wildman–Crippen MR) is 155 cm³/mol. The normalized spacial score (nSPS) is 18.9. The van der Waals surface area contributed by atoms with E-state index < -0.39 is 23.8 Å². The van der Waals surface area contributed by atoms with Crippen molar-refractivity contribution in [2.24, 2.45) is 11.8 Å². The van der Waals surface area contributed by atoms with Gasteiger partial charge in [-0.25, -0.2) is 4.79 Å². The second-order valence-corrected chi connectivity index (χ2v) is 12.0. The Kier molecular flexibility index (Phi) is 9.47. The molecule has 5 atom stereocenters. The molecular formula is C32H45N3O4. The smallest absolute Gasteiger partial charge is 0.408 e. The van der Waals surface area contributed by atoms with Crippen LogP contribution in [0.15, 0.2) is 42.5 Å². The van der Waals surface area contributed by atoms with Crippen molar-refractivity contribution in [2.45, 2.75) is 98.9 Å². The number of alkyl carbamates (subject to hydrolysis) is 1. The number of benzene rings is 2. The first-order valence-corrected chi connectivity index (χ1v) is 14.0. The van der Waals surface area contributed by atoms with Gasteiger partial charge in [0.05, 0.1) is 0 Å². The Morgan fingerprint density at radius 3 is 2.21 bits per heavy atom. The molecule has 1 fully saturated rings. The van der Waals surface area contributed by atoms with Crippen LogP contribution in [-0.4, -0.2) is 40.5 Å². The van der Waals surface area contributed by atoms with Crippen LogP contribution in [0, 0.1) is 32.6 Å². The van der Waals surface area contributed by atoms with E-state index >= 15 is 0 Å². The summed E-state index contributed by atoms with van der Waals surface area (Å²) in [5.41, 5.74) is 3.74. The Bertz CT molecular complexity index is 1200. The van der Waals surface area contributed by atoms with E-state index in [-0.39, 0.29) is 29.7 Å². The highest BCUT2D eigenvalue weighted by molar-refractivity contribution is 6.00. The van der Waals surface area contributed by atoms with Gasteiger partial charge in [0.2, 0.25) is 5.91 Å². The average Bonchev–Trinajstić information content (AvgIpc) is 3.58. The van der Waals surface area contributed by atoms with Gasteiger partial charge >= 0.3 is 6.09 Å². The van der Waals surface area contributed by atoms with Crippen LogP contribution < -0.4 is 10.6 Å². The lowest BCUT2D eigenvalue weighted by molar-refractivity contribution is -0.142. The zero-order valence-corrected chi connectivity index (χ0v) is 24.9. The van der Waals surface area contributed by atoms with Crippen molar-refractivity contribution in [1.82, 2.24) is 10.2 Å². The van der Waals surface area contributed by atoms with E-state index in [0.29, 0.717) is 12.1 Å². The minimum Gasteiger partial charge on any atom is -0.444 e. The van der Waals surface area contributed by atoms with Crippen molar-refractivity contribution in [3.05, 3.63) is 64.7 Å². The molecule has 7 nitrogen and oxygen atoms in total. The maximum Gasteiger partial charge on any atom is 0.408 e. The zero-order valence-electron chi connectivity index (χ0n) is 24.9. The highest BCUT2D eigenvalue weighted by atomic mass is 16.6. The topological polar surface area (TPSA) is 87.7 Å². The van der Waals surface area contributed by atoms with Gasteiger partial charge in [-0.2, -0.15) is 0 Å². The fourth-order valence-corrected chi connectivity index (χ4v) is 4.85. The fraction of sp³-hybridized carbons (Fsp3) is 0.531. The molecule has 5 unspecified atom stereocenters. The van der Waals surface area contributed by atoms with Crippen LogP contribution in [0.25, 0.3) is 0 Å². The monoisotopic (exact) mass is 535 g/mol. The van der Waals surface area contributed by atoms with Gasteiger partial charge < -0.3 is 20.3 Å². The van der Waals surface area contributed by atoms with E-state index in [9.17, 15) is 14.4 Å². The predicted octanol–water partition coefficient (Wildman–Crippen LogP) is 6.47. The molecule has 212 valence electrons.